The fourth-order valence-electron chi connectivity index (χ4n) is 2.09. The van der Waals surface area contributed by atoms with Crippen LogP contribution in [-0.2, 0) is 0 Å². The van der Waals surface area contributed by atoms with E-state index in [1.165, 1.54) is 11.3 Å². The lowest BCUT2D eigenvalue weighted by Crippen LogP contribution is -2.41. The van der Waals surface area contributed by atoms with Crippen LogP contribution in [-0.4, -0.2) is 35.2 Å². The minimum Gasteiger partial charge on any atom is -0.465 e. The lowest BCUT2D eigenvalue weighted by molar-refractivity contribution is 0.133. The zero-order chi connectivity index (χ0) is 8.01. The van der Waals surface area contributed by atoms with Crippen LogP contribution in [0.5, 0.6) is 0 Å². The number of hydrogen-bond donors (Lipinski definition) is 2. The van der Waals surface area contributed by atoms with E-state index in [0.29, 0.717) is 24.9 Å². The molecular weight excluding hydrogens is 144 g/mol. The fraction of sp³-hybridized carbons (Fsp3) is 0.857. The molecule has 2 aliphatic rings. The molecule has 11 heavy (non-hydrogen) atoms. The number of nitrogens with two attached hydrogens (primary N) is 1. The quantitative estimate of drug-likeness (QED) is 0.559. The molecule has 1 aliphatic heterocycles. The number of hydrogen-bond acceptors (Lipinski definition) is 2. The molecule has 0 aromatic carbocycles. The Morgan fingerprint density at radius 2 is 2.45 bits per heavy atom. The molecule has 4 nitrogen and oxygen atoms in total. The van der Waals surface area contributed by atoms with Gasteiger partial charge in [-0.05, 0) is 18.3 Å². The zero-order valence-corrected chi connectivity index (χ0v) is 6.23. The van der Waals surface area contributed by atoms with Crippen molar-refractivity contribution in [2.45, 2.75) is 12.5 Å². The van der Waals surface area contributed by atoms with Gasteiger partial charge in [0.15, 0.2) is 0 Å². The predicted octanol–water partition coefficient (Wildman–Crippen LogP) is -0.0566. The average molecular weight is 156 g/mol. The Balaban J connectivity index is 2.06. The normalized spacial score (nSPS) is 40.5. The number of carboxylic acid groups (broad SMARTS) is 1. The monoisotopic (exact) mass is 156 g/mol. The van der Waals surface area contributed by atoms with Gasteiger partial charge in [-0.15, -0.1) is 0 Å². The highest BCUT2D eigenvalue weighted by Gasteiger charge is 2.53. The van der Waals surface area contributed by atoms with Crippen molar-refractivity contribution in [1.29, 1.82) is 0 Å². The third kappa shape index (κ3) is 0.894. The van der Waals surface area contributed by atoms with Crippen molar-refractivity contribution in [3.05, 3.63) is 0 Å². The molecule has 3 N–H and O–H groups in total. The molecule has 2 rings (SSSR count). The first kappa shape index (κ1) is 6.91. The standard InChI is InChI=1S/C7H12N2O2/c8-2-6-5-1-4(5)3-9(6)7(10)11/h4-6H,1-3,8H2,(H,10,11)/t4-,5-,6+/m0/s1. The second-order valence-corrected chi connectivity index (χ2v) is 3.40. The minimum atomic E-state index is -0.812. The van der Waals surface area contributed by atoms with Crippen molar-refractivity contribution in [2.75, 3.05) is 13.1 Å². The van der Waals surface area contributed by atoms with Crippen molar-refractivity contribution >= 4 is 6.09 Å². The number of nitrogens with zero attached hydrogens (tertiary/aromatic N) is 1. The highest BCUT2D eigenvalue weighted by Crippen LogP contribution is 2.48. The summed E-state index contributed by atoms with van der Waals surface area (Å²) in [6.45, 7) is 1.19. The molecule has 1 saturated carbocycles. The summed E-state index contributed by atoms with van der Waals surface area (Å²) < 4.78 is 0. The second-order valence-electron chi connectivity index (χ2n) is 3.40. The van der Waals surface area contributed by atoms with Gasteiger partial charge in [-0.1, -0.05) is 0 Å². The van der Waals surface area contributed by atoms with Crippen molar-refractivity contribution in [2.24, 2.45) is 17.6 Å². The maximum Gasteiger partial charge on any atom is 0.407 e. The summed E-state index contributed by atoms with van der Waals surface area (Å²) in [6.07, 6.45) is 0.374. The van der Waals surface area contributed by atoms with E-state index in [0.717, 1.165) is 0 Å². The van der Waals surface area contributed by atoms with E-state index in [1.807, 2.05) is 0 Å². The summed E-state index contributed by atoms with van der Waals surface area (Å²) >= 11 is 0. The van der Waals surface area contributed by atoms with Crippen LogP contribution in [0.15, 0.2) is 0 Å². The summed E-state index contributed by atoms with van der Waals surface area (Å²) in [4.78, 5) is 12.1. The van der Waals surface area contributed by atoms with Crippen LogP contribution < -0.4 is 5.73 Å². The number of likely N-dealkylation sites (tertiary alicyclic amines) is 1. The van der Waals surface area contributed by atoms with Crippen LogP contribution in [0.3, 0.4) is 0 Å². The van der Waals surface area contributed by atoms with Crippen molar-refractivity contribution in [3.63, 3.8) is 0 Å². The highest BCUT2D eigenvalue weighted by molar-refractivity contribution is 5.66. The van der Waals surface area contributed by atoms with Gasteiger partial charge >= 0.3 is 6.09 Å². The zero-order valence-electron chi connectivity index (χ0n) is 6.23. The second kappa shape index (κ2) is 2.11. The van der Waals surface area contributed by atoms with E-state index in [2.05, 4.69) is 0 Å². The number of fused-ring (bicyclic) bond motifs is 1. The van der Waals surface area contributed by atoms with Gasteiger partial charge in [-0.25, -0.2) is 4.79 Å². The molecule has 0 radical (unpaired) electrons. The van der Waals surface area contributed by atoms with Crippen LogP contribution in [0.4, 0.5) is 4.79 Å². The lowest BCUT2D eigenvalue weighted by atomic mass is 10.2. The van der Waals surface area contributed by atoms with Crippen LogP contribution >= 0.6 is 0 Å². The van der Waals surface area contributed by atoms with Gasteiger partial charge < -0.3 is 15.7 Å². The Morgan fingerprint density at radius 1 is 1.73 bits per heavy atom. The smallest absolute Gasteiger partial charge is 0.407 e. The molecule has 0 bridgehead atoms. The Hall–Kier alpha value is -0.770. The van der Waals surface area contributed by atoms with Gasteiger partial charge in [0.2, 0.25) is 0 Å². The summed E-state index contributed by atoms with van der Waals surface area (Å²) in [6, 6.07) is 0.109. The Kier molecular flexibility index (Phi) is 1.32. The number of amides is 1. The first-order chi connectivity index (χ1) is 5.24. The van der Waals surface area contributed by atoms with Crippen LogP contribution in [0.2, 0.25) is 0 Å². The molecule has 0 aromatic heterocycles. The lowest BCUT2D eigenvalue weighted by Gasteiger charge is -2.22. The average Bonchev–Trinajstić information content (AvgIpc) is 2.63. The molecule has 1 amide bonds. The van der Waals surface area contributed by atoms with E-state index in [9.17, 15) is 4.79 Å². The maximum absolute atomic E-state index is 10.6. The predicted molar refractivity (Wildman–Crippen MR) is 39.2 cm³/mol. The molecule has 62 valence electrons. The van der Waals surface area contributed by atoms with E-state index in [-0.39, 0.29) is 6.04 Å². The highest BCUT2D eigenvalue weighted by atomic mass is 16.4. The van der Waals surface area contributed by atoms with E-state index in [1.54, 1.807) is 0 Å². The molecule has 2 fully saturated rings. The number of carbonyl (C=O) groups is 1. The SMILES string of the molecule is NC[C@@H]1[C@H]2C[C@H]2CN1C(=O)O. The Labute approximate surface area is 65.0 Å². The number of rotatable bonds is 1. The first-order valence-electron chi connectivity index (χ1n) is 3.93. The van der Waals surface area contributed by atoms with Gasteiger partial charge in [0.05, 0.1) is 6.04 Å². The topological polar surface area (TPSA) is 66.6 Å². The van der Waals surface area contributed by atoms with Gasteiger partial charge in [-0.2, -0.15) is 0 Å². The van der Waals surface area contributed by atoms with E-state index >= 15 is 0 Å². The summed E-state index contributed by atoms with van der Waals surface area (Å²) in [5.41, 5.74) is 5.47. The molecule has 1 heterocycles. The Bertz CT molecular complexity index is 195. The molecule has 0 unspecified atom stereocenters. The van der Waals surface area contributed by atoms with Crippen LogP contribution in [0.1, 0.15) is 6.42 Å². The molecule has 4 heteroatoms. The summed E-state index contributed by atoms with van der Waals surface area (Å²) in [5, 5.41) is 8.72. The maximum atomic E-state index is 10.6. The van der Waals surface area contributed by atoms with Gasteiger partial charge in [0.1, 0.15) is 0 Å². The van der Waals surface area contributed by atoms with E-state index < -0.39 is 6.09 Å². The Morgan fingerprint density at radius 3 is 2.91 bits per heavy atom. The van der Waals surface area contributed by atoms with Crippen LogP contribution in [0.25, 0.3) is 0 Å². The molecule has 0 aromatic rings. The largest absolute Gasteiger partial charge is 0.465 e. The van der Waals surface area contributed by atoms with Crippen molar-refractivity contribution in [3.8, 4) is 0 Å². The fourth-order valence-corrected chi connectivity index (χ4v) is 2.09. The van der Waals surface area contributed by atoms with Gasteiger partial charge in [0.25, 0.3) is 0 Å². The molecule has 1 aliphatic carbocycles. The third-order valence-electron chi connectivity index (χ3n) is 2.79. The van der Waals surface area contributed by atoms with Gasteiger partial charge in [-0.3, -0.25) is 0 Å². The minimum absolute atomic E-state index is 0.109. The van der Waals surface area contributed by atoms with Crippen LogP contribution in [0, 0.1) is 11.8 Å². The molecule has 0 spiro atoms. The van der Waals surface area contributed by atoms with Crippen molar-refractivity contribution < 1.29 is 9.90 Å². The first-order valence-corrected chi connectivity index (χ1v) is 3.93. The summed E-state index contributed by atoms with van der Waals surface area (Å²) in [7, 11) is 0. The summed E-state index contributed by atoms with van der Waals surface area (Å²) in [5.74, 6) is 1.20. The van der Waals surface area contributed by atoms with Crippen molar-refractivity contribution in [1.82, 2.24) is 4.90 Å². The number of piperidine rings is 1. The molecular formula is C7H12N2O2. The molecule has 1 saturated heterocycles. The van der Waals surface area contributed by atoms with E-state index in [4.69, 9.17) is 10.8 Å². The molecule has 3 atom stereocenters. The third-order valence-corrected chi connectivity index (χ3v) is 2.79. The van der Waals surface area contributed by atoms with Gasteiger partial charge in [0, 0.05) is 13.1 Å².